The zero-order chi connectivity index (χ0) is 14.7. The molecule has 3 rings (SSSR count). The molecule has 0 saturated heterocycles. The van der Waals surface area contributed by atoms with Crippen LogP contribution in [0.25, 0.3) is 0 Å². The first kappa shape index (κ1) is 14.0. The summed E-state index contributed by atoms with van der Waals surface area (Å²) in [6.07, 6.45) is 0.834. The van der Waals surface area contributed by atoms with Crippen LogP contribution < -0.4 is 10.1 Å². The number of hydrogen-bond acceptors (Lipinski definition) is 2. The molecule has 4 heteroatoms. The number of carbonyl (C=O) groups excluding carboxylic acids is 1. The van der Waals surface area contributed by atoms with E-state index < -0.39 is 0 Å². The first-order chi connectivity index (χ1) is 10.3. The molecule has 1 amide bonds. The minimum absolute atomic E-state index is 0.00237. The smallest absolute Gasteiger partial charge is 0.251 e. The maximum Gasteiger partial charge on any atom is 0.251 e. The number of nitrogens with one attached hydrogen (secondary N) is 1. The largest absolute Gasteiger partial charge is 0.488 e. The van der Waals surface area contributed by atoms with Crippen LogP contribution in [0.15, 0.2) is 48.5 Å². The van der Waals surface area contributed by atoms with Crippen molar-refractivity contribution in [2.45, 2.75) is 18.4 Å². The van der Waals surface area contributed by atoms with Crippen molar-refractivity contribution in [1.82, 2.24) is 5.32 Å². The molecule has 1 aliphatic heterocycles. The van der Waals surface area contributed by atoms with E-state index in [-0.39, 0.29) is 12.0 Å². The molecule has 1 N–H and O–H groups in total. The van der Waals surface area contributed by atoms with Crippen LogP contribution in [0.2, 0.25) is 0 Å². The minimum Gasteiger partial charge on any atom is -0.488 e. The van der Waals surface area contributed by atoms with Crippen molar-refractivity contribution in [2.24, 2.45) is 0 Å². The Balaban J connectivity index is 1.57. The predicted octanol–water partition coefficient (Wildman–Crippen LogP) is 3.16. The maximum atomic E-state index is 12.1. The van der Waals surface area contributed by atoms with Crippen LogP contribution in [-0.2, 0) is 12.3 Å². The molecule has 1 atom stereocenters. The number of carbonyl (C=O) groups is 1. The lowest BCUT2D eigenvalue weighted by molar-refractivity contribution is 0.0933. The second kappa shape index (κ2) is 6.19. The predicted molar refractivity (Wildman–Crippen MR) is 82.9 cm³/mol. The molecule has 1 aliphatic rings. The van der Waals surface area contributed by atoms with Gasteiger partial charge in [0.1, 0.15) is 11.9 Å². The van der Waals surface area contributed by atoms with Crippen LogP contribution in [0, 0.1) is 0 Å². The number of rotatable bonds is 4. The van der Waals surface area contributed by atoms with E-state index >= 15 is 0 Å². The van der Waals surface area contributed by atoms with Crippen LogP contribution in [0.3, 0.4) is 0 Å². The Bertz CT molecular complexity index is 632. The zero-order valence-electron chi connectivity index (χ0n) is 11.5. The molecular formula is C17H16ClNO2. The van der Waals surface area contributed by atoms with Gasteiger partial charge in [0.2, 0.25) is 0 Å². The summed E-state index contributed by atoms with van der Waals surface area (Å²) in [5, 5.41) is 2.92. The highest BCUT2D eigenvalue weighted by Crippen LogP contribution is 2.27. The number of benzene rings is 2. The standard InChI is InChI=1S/C17H16ClNO2/c18-10-12-4-3-6-14(8-12)17(20)19-11-15-9-13-5-1-2-7-16(13)21-15/h1-8,15H,9-11H2,(H,19,20). The fraction of sp³-hybridized carbons (Fsp3) is 0.235. The Kier molecular flexibility index (Phi) is 4.11. The molecule has 21 heavy (non-hydrogen) atoms. The van der Waals surface area contributed by atoms with Crippen molar-refractivity contribution in [3.05, 3.63) is 65.2 Å². The molecule has 1 unspecified atom stereocenters. The zero-order valence-corrected chi connectivity index (χ0v) is 12.3. The number of hydrogen-bond donors (Lipinski definition) is 1. The summed E-state index contributed by atoms with van der Waals surface area (Å²) in [5.41, 5.74) is 2.76. The van der Waals surface area contributed by atoms with E-state index in [0.29, 0.717) is 18.0 Å². The fourth-order valence-corrected chi connectivity index (χ4v) is 2.64. The minimum atomic E-state index is -0.0958. The third-order valence-electron chi connectivity index (χ3n) is 3.55. The lowest BCUT2D eigenvalue weighted by Gasteiger charge is -2.12. The third-order valence-corrected chi connectivity index (χ3v) is 3.86. The Hall–Kier alpha value is -2.00. The van der Waals surface area contributed by atoms with E-state index in [1.54, 1.807) is 6.07 Å². The van der Waals surface area contributed by atoms with E-state index in [0.717, 1.165) is 17.7 Å². The molecule has 0 saturated carbocycles. The molecule has 3 nitrogen and oxygen atoms in total. The Morgan fingerprint density at radius 1 is 1.24 bits per heavy atom. The van der Waals surface area contributed by atoms with Crippen LogP contribution in [0.5, 0.6) is 5.75 Å². The second-order valence-corrected chi connectivity index (χ2v) is 5.36. The summed E-state index contributed by atoms with van der Waals surface area (Å²) in [4.78, 5) is 12.1. The number of halogens is 1. The van der Waals surface area contributed by atoms with Gasteiger partial charge in [0.15, 0.2) is 0 Å². The number of alkyl halides is 1. The lowest BCUT2D eigenvalue weighted by atomic mass is 10.1. The van der Waals surface area contributed by atoms with Crippen LogP contribution in [0.1, 0.15) is 21.5 Å². The van der Waals surface area contributed by atoms with Gasteiger partial charge in [-0.25, -0.2) is 0 Å². The molecule has 2 aromatic carbocycles. The Morgan fingerprint density at radius 2 is 2.10 bits per heavy atom. The summed E-state index contributed by atoms with van der Waals surface area (Å²) in [7, 11) is 0. The molecule has 0 fully saturated rings. The summed E-state index contributed by atoms with van der Waals surface area (Å²) < 4.78 is 5.80. The quantitative estimate of drug-likeness (QED) is 0.881. The second-order valence-electron chi connectivity index (χ2n) is 5.10. The van der Waals surface area contributed by atoms with E-state index in [1.807, 2.05) is 36.4 Å². The van der Waals surface area contributed by atoms with Gasteiger partial charge in [-0.05, 0) is 29.3 Å². The molecule has 108 valence electrons. The first-order valence-electron chi connectivity index (χ1n) is 6.94. The highest BCUT2D eigenvalue weighted by molar-refractivity contribution is 6.17. The third kappa shape index (κ3) is 3.19. The number of para-hydroxylation sites is 1. The lowest BCUT2D eigenvalue weighted by Crippen LogP contribution is -2.34. The molecular weight excluding hydrogens is 286 g/mol. The van der Waals surface area contributed by atoms with Gasteiger partial charge in [-0.1, -0.05) is 30.3 Å². The number of amides is 1. The summed E-state index contributed by atoms with van der Waals surface area (Å²) in [6, 6.07) is 15.3. The molecule has 0 radical (unpaired) electrons. The number of fused-ring (bicyclic) bond motifs is 1. The van der Waals surface area contributed by atoms with E-state index in [9.17, 15) is 4.79 Å². The van der Waals surface area contributed by atoms with Gasteiger partial charge < -0.3 is 10.1 Å². The van der Waals surface area contributed by atoms with Gasteiger partial charge in [0.25, 0.3) is 5.91 Å². The van der Waals surface area contributed by atoms with Crippen LogP contribution in [0.4, 0.5) is 0 Å². The van der Waals surface area contributed by atoms with Crippen LogP contribution >= 0.6 is 11.6 Å². The normalized spacial score (nSPS) is 16.1. The highest BCUT2D eigenvalue weighted by atomic mass is 35.5. The van der Waals surface area contributed by atoms with Crippen molar-refractivity contribution < 1.29 is 9.53 Å². The van der Waals surface area contributed by atoms with E-state index in [1.165, 1.54) is 5.56 Å². The van der Waals surface area contributed by atoms with Crippen molar-refractivity contribution in [3.8, 4) is 5.75 Å². The van der Waals surface area contributed by atoms with E-state index in [4.69, 9.17) is 16.3 Å². The van der Waals surface area contributed by atoms with Crippen LogP contribution in [-0.4, -0.2) is 18.6 Å². The topological polar surface area (TPSA) is 38.3 Å². The monoisotopic (exact) mass is 301 g/mol. The summed E-state index contributed by atoms with van der Waals surface area (Å²) >= 11 is 5.78. The fourth-order valence-electron chi connectivity index (χ4n) is 2.47. The van der Waals surface area contributed by atoms with Gasteiger partial charge in [-0.15, -0.1) is 11.6 Å². The van der Waals surface area contributed by atoms with E-state index in [2.05, 4.69) is 11.4 Å². The molecule has 1 heterocycles. The highest BCUT2D eigenvalue weighted by Gasteiger charge is 2.22. The van der Waals surface area contributed by atoms with Gasteiger partial charge in [-0.3, -0.25) is 4.79 Å². The molecule has 0 aromatic heterocycles. The maximum absolute atomic E-state index is 12.1. The number of ether oxygens (including phenoxy) is 1. The average molecular weight is 302 g/mol. The molecule has 2 aromatic rings. The summed E-state index contributed by atoms with van der Waals surface area (Å²) in [6.45, 7) is 0.499. The summed E-state index contributed by atoms with van der Waals surface area (Å²) in [5.74, 6) is 1.23. The Morgan fingerprint density at radius 3 is 2.90 bits per heavy atom. The molecule has 0 spiro atoms. The van der Waals surface area contributed by atoms with Crippen molar-refractivity contribution in [1.29, 1.82) is 0 Å². The van der Waals surface area contributed by atoms with Gasteiger partial charge in [0, 0.05) is 17.9 Å². The van der Waals surface area contributed by atoms with Crippen molar-refractivity contribution >= 4 is 17.5 Å². The SMILES string of the molecule is O=C(NCC1Cc2ccccc2O1)c1cccc(CCl)c1. The van der Waals surface area contributed by atoms with Gasteiger partial charge >= 0.3 is 0 Å². The van der Waals surface area contributed by atoms with Gasteiger partial charge in [0.05, 0.1) is 6.54 Å². The average Bonchev–Trinajstić information content (AvgIpc) is 2.95. The first-order valence-corrected chi connectivity index (χ1v) is 7.47. The molecule has 0 bridgehead atoms. The van der Waals surface area contributed by atoms with Crippen molar-refractivity contribution in [3.63, 3.8) is 0 Å². The Labute approximate surface area is 128 Å². The van der Waals surface area contributed by atoms with Gasteiger partial charge in [-0.2, -0.15) is 0 Å². The van der Waals surface area contributed by atoms with Crippen molar-refractivity contribution in [2.75, 3.05) is 6.54 Å². The molecule has 0 aliphatic carbocycles.